The van der Waals surface area contributed by atoms with Crippen molar-refractivity contribution in [1.82, 2.24) is 5.06 Å². The third-order valence-electron chi connectivity index (χ3n) is 5.93. The Morgan fingerprint density at radius 1 is 1.04 bits per heavy atom. The number of unbranched alkanes of at least 4 members (excludes halogenated alkanes) is 3. The van der Waals surface area contributed by atoms with E-state index in [1.54, 1.807) is 5.06 Å². The van der Waals surface area contributed by atoms with Crippen LogP contribution in [0.4, 0.5) is 0 Å². The van der Waals surface area contributed by atoms with E-state index < -0.39 is 5.79 Å². The fourth-order valence-corrected chi connectivity index (χ4v) is 4.56. The van der Waals surface area contributed by atoms with Crippen molar-refractivity contribution in [2.24, 2.45) is 0 Å². The first-order chi connectivity index (χ1) is 10.8. The normalized spacial score (nSPS) is 33.4. The molecule has 0 saturated carbocycles. The lowest BCUT2D eigenvalue weighted by Gasteiger charge is -2.56. The first kappa shape index (κ1) is 19.2. The number of hydrogen-bond acceptors (Lipinski definition) is 4. The number of hydroxylamine groups is 2. The maximum Gasteiger partial charge on any atom is 0.172 e. The smallest absolute Gasteiger partial charge is 0.172 e. The van der Waals surface area contributed by atoms with Gasteiger partial charge in [0.25, 0.3) is 0 Å². The van der Waals surface area contributed by atoms with Crippen LogP contribution in [0.2, 0.25) is 0 Å². The summed E-state index contributed by atoms with van der Waals surface area (Å²) in [5.41, 5.74) is -0.583. The van der Waals surface area contributed by atoms with Gasteiger partial charge in [-0.05, 0) is 33.1 Å². The van der Waals surface area contributed by atoms with E-state index in [0.717, 1.165) is 32.1 Å². The van der Waals surface area contributed by atoms with Crippen LogP contribution in [-0.2, 0) is 9.47 Å². The van der Waals surface area contributed by atoms with Gasteiger partial charge in [-0.3, -0.25) is 0 Å². The molecule has 4 heteroatoms. The van der Waals surface area contributed by atoms with Crippen LogP contribution < -0.4 is 0 Å². The van der Waals surface area contributed by atoms with E-state index in [9.17, 15) is 5.21 Å². The van der Waals surface area contributed by atoms with Crippen LogP contribution in [0.25, 0.3) is 0 Å². The maximum atomic E-state index is 10.8. The molecule has 2 heterocycles. The second-order valence-electron chi connectivity index (χ2n) is 8.22. The van der Waals surface area contributed by atoms with Crippen molar-refractivity contribution in [1.29, 1.82) is 0 Å². The van der Waals surface area contributed by atoms with Crippen LogP contribution >= 0.6 is 0 Å². The highest BCUT2D eigenvalue weighted by Gasteiger charge is 2.58. The molecule has 2 aliphatic rings. The summed E-state index contributed by atoms with van der Waals surface area (Å²) in [7, 11) is 0. The molecule has 2 aliphatic heterocycles. The van der Waals surface area contributed by atoms with Crippen molar-refractivity contribution >= 4 is 0 Å². The van der Waals surface area contributed by atoms with Gasteiger partial charge in [-0.15, -0.1) is 0 Å². The molecule has 4 nitrogen and oxygen atoms in total. The minimum Gasteiger partial charge on any atom is -0.347 e. The molecule has 2 atom stereocenters. The Balaban J connectivity index is 2.04. The SMILES string of the molecule is CCCCCCC1COC2(CC(C)(C)N(O)C(CC)(CC)C2)O1. The third kappa shape index (κ3) is 3.92. The number of rotatable bonds is 7. The van der Waals surface area contributed by atoms with Crippen LogP contribution in [0, 0.1) is 0 Å². The monoisotopic (exact) mass is 327 g/mol. The number of nitrogens with zero attached hydrogens (tertiary/aromatic N) is 1. The van der Waals surface area contributed by atoms with Gasteiger partial charge in [-0.2, -0.15) is 5.06 Å². The predicted octanol–water partition coefficient (Wildman–Crippen LogP) is 4.89. The zero-order valence-corrected chi connectivity index (χ0v) is 15.9. The lowest BCUT2D eigenvalue weighted by atomic mass is 9.73. The topological polar surface area (TPSA) is 41.9 Å². The number of ether oxygens (including phenoxy) is 2. The van der Waals surface area contributed by atoms with Gasteiger partial charge in [-0.1, -0.05) is 46.5 Å². The average Bonchev–Trinajstić information content (AvgIpc) is 2.89. The largest absolute Gasteiger partial charge is 0.347 e. The Morgan fingerprint density at radius 3 is 2.35 bits per heavy atom. The standard InChI is InChI=1S/C19H37NO3/c1-6-9-10-11-12-16-13-22-19(23-16)14-17(4,5)20(21)18(7-2,8-3)15-19/h16,21H,6-15H2,1-5H3. The zero-order valence-electron chi connectivity index (χ0n) is 15.9. The molecule has 0 amide bonds. The van der Waals surface area contributed by atoms with Crippen molar-refractivity contribution in [3.05, 3.63) is 0 Å². The van der Waals surface area contributed by atoms with Crippen molar-refractivity contribution in [2.75, 3.05) is 6.61 Å². The fraction of sp³-hybridized carbons (Fsp3) is 1.00. The molecular formula is C19H37NO3. The van der Waals surface area contributed by atoms with E-state index in [0.29, 0.717) is 6.61 Å². The summed E-state index contributed by atoms with van der Waals surface area (Å²) in [4.78, 5) is 0. The molecule has 1 spiro atoms. The molecule has 2 unspecified atom stereocenters. The van der Waals surface area contributed by atoms with Gasteiger partial charge in [0.05, 0.1) is 18.2 Å². The fourth-order valence-electron chi connectivity index (χ4n) is 4.56. The lowest BCUT2D eigenvalue weighted by Crippen LogP contribution is -2.66. The summed E-state index contributed by atoms with van der Waals surface area (Å²) in [6, 6.07) is 0. The first-order valence-corrected chi connectivity index (χ1v) is 9.64. The van der Waals surface area contributed by atoms with Crippen molar-refractivity contribution < 1.29 is 14.7 Å². The second-order valence-corrected chi connectivity index (χ2v) is 8.22. The van der Waals surface area contributed by atoms with Crippen LogP contribution in [-0.4, -0.2) is 39.8 Å². The van der Waals surface area contributed by atoms with Crippen LogP contribution in [0.15, 0.2) is 0 Å². The highest BCUT2D eigenvalue weighted by molar-refractivity contribution is 5.05. The third-order valence-corrected chi connectivity index (χ3v) is 5.93. The molecule has 0 radical (unpaired) electrons. The van der Waals surface area contributed by atoms with Gasteiger partial charge >= 0.3 is 0 Å². The van der Waals surface area contributed by atoms with E-state index in [-0.39, 0.29) is 17.2 Å². The Kier molecular flexibility index (Phi) is 6.15. The van der Waals surface area contributed by atoms with Crippen molar-refractivity contribution in [2.45, 2.75) is 115 Å². The Bertz CT molecular complexity index is 381. The van der Waals surface area contributed by atoms with E-state index in [1.807, 2.05) is 0 Å². The highest BCUT2D eigenvalue weighted by Crippen LogP contribution is 2.50. The summed E-state index contributed by atoms with van der Waals surface area (Å²) in [5, 5.41) is 12.4. The Labute approximate surface area is 142 Å². The summed E-state index contributed by atoms with van der Waals surface area (Å²) in [5.74, 6) is -0.510. The first-order valence-electron chi connectivity index (χ1n) is 9.64. The van der Waals surface area contributed by atoms with Gasteiger partial charge in [0.2, 0.25) is 0 Å². The van der Waals surface area contributed by atoms with Gasteiger partial charge < -0.3 is 14.7 Å². The van der Waals surface area contributed by atoms with Gasteiger partial charge in [0, 0.05) is 18.4 Å². The van der Waals surface area contributed by atoms with Crippen molar-refractivity contribution in [3.8, 4) is 0 Å². The maximum absolute atomic E-state index is 10.8. The number of hydrogen-bond donors (Lipinski definition) is 1. The molecule has 0 aliphatic carbocycles. The van der Waals surface area contributed by atoms with Gasteiger partial charge in [0.15, 0.2) is 5.79 Å². The minimum absolute atomic E-state index is 0.222. The zero-order chi connectivity index (χ0) is 17.1. The minimum atomic E-state index is -0.510. The summed E-state index contributed by atoms with van der Waals surface area (Å²) < 4.78 is 12.7. The van der Waals surface area contributed by atoms with Crippen molar-refractivity contribution in [3.63, 3.8) is 0 Å². The molecule has 0 aromatic carbocycles. The quantitative estimate of drug-likeness (QED) is 0.676. The highest BCUT2D eigenvalue weighted by atomic mass is 16.7. The van der Waals surface area contributed by atoms with Gasteiger partial charge in [-0.25, -0.2) is 0 Å². The van der Waals surface area contributed by atoms with Crippen LogP contribution in [0.5, 0.6) is 0 Å². The van der Waals surface area contributed by atoms with E-state index >= 15 is 0 Å². The molecule has 0 bridgehead atoms. The van der Waals surface area contributed by atoms with Gasteiger partial charge in [0.1, 0.15) is 0 Å². The molecule has 2 saturated heterocycles. The summed E-state index contributed by atoms with van der Waals surface area (Å²) >= 11 is 0. The molecule has 23 heavy (non-hydrogen) atoms. The van der Waals surface area contributed by atoms with E-state index in [1.165, 1.54) is 25.7 Å². The number of piperidine rings is 1. The molecule has 2 fully saturated rings. The van der Waals surface area contributed by atoms with E-state index in [2.05, 4.69) is 34.6 Å². The lowest BCUT2D eigenvalue weighted by molar-refractivity contribution is -0.326. The molecule has 2 rings (SSSR count). The van der Waals surface area contributed by atoms with Crippen LogP contribution in [0.1, 0.15) is 92.4 Å². The molecule has 0 aromatic heterocycles. The predicted molar refractivity (Wildman–Crippen MR) is 92.6 cm³/mol. The summed E-state index contributed by atoms with van der Waals surface area (Å²) in [6.45, 7) is 11.4. The molecular weight excluding hydrogens is 290 g/mol. The molecule has 0 aromatic rings. The van der Waals surface area contributed by atoms with E-state index in [4.69, 9.17) is 9.47 Å². The Morgan fingerprint density at radius 2 is 1.74 bits per heavy atom. The summed E-state index contributed by atoms with van der Waals surface area (Å²) in [6.07, 6.45) is 9.69. The molecule has 1 N–H and O–H groups in total. The second kappa shape index (κ2) is 7.38. The molecule has 136 valence electrons. The van der Waals surface area contributed by atoms with Crippen LogP contribution in [0.3, 0.4) is 0 Å². The Hall–Kier alpha value is -0.160. The average molecular weight is 328 g/mol.